The Labute approximate surface area is 96.2 Å². The van der Waals surface area contributed by atoms with Gasteiger partial charge in [0.1, 0.15) is 5.41 Å². The molecule has 0 aliphatic rings. The molecule has 3 nitrogen and oxygen atoms in total. The van der Waals surface area contributed by atoms with Crippen molar-refractivity contribution >= 4 is 10.2 Å². The molecule has 0 spiro atoms. The van der Waals surface area contributed by atoms with E-state index in [1.807, 2.05) is 13.8 Å². The van der Waals surface area contributed by atoms with Gasteiger partial charge in [-0.15, -0.1) is 0 Å². The molecule has 1 unspecified atom stereocenters. The fraction of sp³-hybridized carbons (Fsp3) is 0.909. The van der Waals surface area contributed by atoms with Gasteiger partial charge in [0.25, 0.3) is 0 Å². The van der Waals surface area contributed by atoms with Gasteiger partial charge in [0.15, 0.2) is 0 Å². The largest absolute Gasteiger partial charge is 0.355 e. The van der Waals surface area contributed by atoms with Gasteiger partial charge in [-0.3, -0.25) is 0 Å². The van der Waals surface area contributed by atoms with Crippen LogP contribution in [0, 0.1) is 17.2 Å². The van der Waals surface area contributed by atoms with Crippen molar-refractivity contribution in [1.29, 1.82) is 5.26 Å². The van der Waals surface area contributed by atoms with Crippen molar-refractivity contribution in [2.75, 3.05) is 13.2 Å². The SMILES string of the molecule is CCOC([SiH3])(OCC)C(CC)CCC#N. The molecule has 4 heteroatoms. The third-order valence-corrected chi connectivity index (χ3v) is 4.09. The first-order valence-corrected chi connectivity index (χ1v) is 6.79. The summed E-state index contributed by atoms with van der Waals surface area (Å²) in [5, 5.41) is 8.62. The average Bonchev–Trinajstić information content (AvgIpc) is 2.19. The van der Waals surface area contributed by atoms with Gasteiger partial charge in [-0.2, -0.15) is 5.26 Å². The summed E-state index contributed by atoms with van der Waals surface area (Å²) in [5.74, 6) is 0.351. The van der Waals surface area contributed by atoms with E-state index in [0.717, 1.165) is 23.1 Å². The van der Waals surface area contributed by atoms with E-state index in [0.29, 0.717) is 25.6 Å². The van der Waals surface area contributed by atoms with Crippen molar-refractivity contribution < 1.29 is 9.47 Å². The van der Waals surface area contributed by atoms with Crippen LogP contribution in [0.4, 0.5) is 0 Å². The van der Waals surface area contributed by atoms with E-state index < -0.39 is 5.41 Å². The van der Waals surface area contributed by atoms with Gasteiger partial charge in [-0.05, 0) is 26.7 Å². The lowest BCUT2D eigenvalue weighted by atomic mass is 9.99. The molecular formula is C11H23NO2Si. The van der Waals surface area contributed by atoms with E-state index in [2.05, 4.69) is 13.0 Å². The number of hydrogen-bond donors (Lipinski definition) is 0. The molecule has 0 radical (unpaired) electrons. The van der Waals surface area contributed by atoms with E-state index in [4.69, 9.17) is 14.7 Å². The second-order valence-electron chi connectivity index (χ2n) is 3.68. The average molecular weight is 229 g/mol. The Hall–Kier alpha value is -0.373. The lowest BCUT2D eigenvalue weighted by Gasteiger charge is -2.36. The summed E-state index contributed by atoms with van der Waals surface area (Å²) < 4.78 is 11.5. The van der Waals surface area contributed by atoms with Gasteiger partial charge >= 0.3 is 0 Å². The van der Waals surface area contributed by atoms with Crippen molar-refractivity contribution in [1.82, 2.24) is 0 Å². The molecule has 15 heavy (non-hydrogen) atoms. The summed E-state index contributed by atoms with van der Waals surface area (Å²) in [4.78, 5) is 0. The lowest BCUT2D eigenvalue weighted by Crippen LogP contribution is -2.44. The van der Waals surface area contributed by atoms with Crippen LogP contribution < -0.4 is 0 Å². The van der Waals surface area contributed by atoms with Crippen LogP contribution in [0.25, 0.3) is 0 Å². The Bertz CT molecular complexity index is 197. The molecule has 1 atom stereocenters. The van der Waals surface area contributed by atoms with Crippen LogP contribution in [0.3, 0.4) is 0 Å². The highest BCUT2D eigenvalue weighted by Gasteiger charge is 2.33. The quantitative estimate of drug-likeness (QED) is 0.467. The minimum absolute atomic E-state index is 0.351. The van der Waals surface area contributed by atoms with Crippen LogP contribution in [0.5, 0.6) is 0 Å². The predicted octanol–water partition coefficient (Wildman–Crippen LogP) is 1.41. The number of nitriles is 1. The van der Waals surface area contributed by atoms with Crippen LogP contribution in [0.2, 0.25) is 0 Å². The Kier molecular flexibility index (Phi) is 7.66. The number of ether oxygens (including phenoxy) is 2. The first kappa shape index (κ1) is 14.6. The molecule has 0 N–H and O–H groups in total. The van der Waals surface area contributed by atoms with Crippen LogP contribution in [-0.2, 0) is 9.47 Å². The third-order valence-electron chi connectivity index (χ3n) is 2.70. The van der Waals surface area contributed by atoms with Crippen molar-refractivity contribution in [2.45, 2.75) is 45.4 Å². The number of rotatable bonds is 8. The Balaban J connectivity index is 4.46. The second kappa shape index (κ2) is 7.86. The van der Waals surface area contributed by atoms with Crippen LogP contribution in [-0.4, -0.2) is 28.9 Å². The number of hydrogen-bond acceptors (Lipinski definition) is 3. The molecule has 0 saturated heterocycles. The maximum Gasteiger partial charge on any atom is 0.144 e. The molecule has 0 amide bonds. The highest BCUT2D eigenvalue weighted by atomic mass is 28.1. The van der Waals surface area contributed by atoms with Crippen LogP contribution >= 0.6 is 0 Å². The molecule has 0 aliphatic heterocycles. The standard InChI is InChI=1S/C11H23NO2Si/c1-4-10(8-7-9-12)11(15,13-5-2)14-6-3/h10H,4-8H2,1-3,15H3. The smallest absolute Gasteiger partial charge is 0.144 e. The monoisotopic (exact) mass is 229 g/mol. The van der Waals surface area contributed by atoms with Crippen molar-refractivity contribution in [3.8, 4) is 6.07 Å². The van der Waals surface area contributed by atoms with Gasteiger partial charge in [0.05, 0.1) is 16.3 Å². The molecule has 0 rings (SSSR count). The van der Waals surface area contributed by atoms with Crippen LogP contribution in [0.15, 0.2) is 0 Å². The summed E-state index contributed by atoms with van der Waals surface area (Å²) >= 11 is 0. The molecule has 0 bridgehead atoms. The summed E-state index contributed by atoms with van der Waals surface area (Å²) in [6.07, 6.45) is 2.46. The lowest BCUT2D eigenvalue weighted by molar-refractivity contribution is -0.206. The molecular weight excluding hydrogens is 206 g/mol. The highest BCUT2D eigenvalue weighted by molar-refractivity contribution is 6.13. The Morgan fingerprint density at radius 3 is 2.13 bits per heavy atom. The van der Waals surface area contributed by atoms with E-state index in [9.17, 15) is 0 Å². The summed E-state index contributed by atoms with van der Waals surface area (Å²) in [5.41, 5.74) is -0.394. The van der Waals surface area contributed by atoms with Gasteiger partial charge in [-0.25, -0.2) is 0 Å². The minimum Gasteiger partial charge on any atom is -0.355 e. The topological polar surface area (TPSA) is 42.2 Å². The zero-order valence-corrected chi connectivity index (χ0v) is 12.4. The van der Waals surface area contributed by atoms with Crippen molar-refractivity contribution in [2.24, 2.45) is 5.92 Å². The van der Waals surface area contributed by atoms with E-state index in [-0.39, 0.29) is 0 Å². The van der Waals surface area contributed by atoms with E-state index >= 15 is 0 Å². The summed E-state index contributed by atoms with van der Waals surface area (Å²) in [6, 6.07) is 2.19. The molecule has 0 aliphatic carbocycles. The fourth-order valence-corrected chi connectivity index (χ4v) is 3.20. The van der Waals surface area contributed by atoms with Crippen LogP contribution in [0.1, 0.15) is 40.0 Å². The van der Waals surface area contributed by atoms with Crippen molar-refractivity contribution in [3.63, 3.8) is 0 Å². The van der Waals surface area contributed by atoms with Gasteiger partial charge in [0, 0.05) is 25.6 Å². The first-order valence-electron chi connectivity index (χ1n) is 5.79. The zero-order chi connectivity index (χ0) is 11.7. The predicted molar refractivity (Wildman–Crippen MR) is 64.6 cm³/mol. The van der Waals surface area contributed by atoms with Crippen molar-refractivity contribution in [3.05, 3.63) is 0 Å². The highest BCUT2D eigenvalue weighted by Crippen LogP contribution is 2.27. The number of nitrogens with zero attached hydrogens (tertiary/aromatic N) is 1. The molecule has 0 saturated carbocycles. The molecule has 88 valence electrons. The molecule has 0 fully saturated rings. The zero-order valence-electron chi connectivity index (χ0n) is 10.4. The third kappa shape index (κ3) is 4.78. The summed E-state index contributed by atoms with van der Waals surface area (Å²) in [7, 11) is 0.844. The van der Waals surface area contributed by atoms with E-state index in [1.54, 1.807) is 0 Å². The second-order valence-corrected chi connectivity index (χ2v) is 5.08. The Morgan fingerprint density at radius 2 is 1.80 bits per heavy atom. The first-order chi connectivity index (χ1) is 7.14. The maximum absolute atomic E-state index is 8.62. The minimum atomic E-state index is -0.394. The van der Waals surface area contributed by atoms with Gasteiger partial charge in [0.2, 0.25) is 0 Å². The summed E-state index contributed by atoms with van der Waals surface area (Å²) in [6.45, 7) is 7.46. The van der Waals surface area contributed by atoms with Gasteiger partial charge in [-0.1, -0.05) is 6.92 Å². The fourth-order valence-electron chi connectivity index (χ4n) is 1.93. The Morgan fingerprint density at radius 1 is 1.27 bits per heavy atom. The molecule has 0 heterocycles. The molecule has 0 aromatic carbocycles. The van der Waals surface area contributed by atoms with E-state index in [1.165, 1.54) is 0 Å². The molecule has 0 aromatic rings. The maximum atomic E-state index is 8.62. The molecule has 0 aromatic heterocycles. The van der Waals surface area contributed by atoms with Gasteiger partial charge < -0.3 is 9.47 Å². The normalized spacial score (nSPS) is 13.7.